The van der Waals surface area contributed by atoms with E-state index in [-0.39, 0.29) is 11.7 Å². The van der Waals surface area contributed by atoms with E-state index in [1.807, 2.05) is 37.3 Å². The second-order valence-electron chi connectivity index (χ2n) is 6.59. The quantitative estimate of drug-likeness (QED) is 0.280. The molecule has 0 saturated heterocycles. The van der Waals surface area contributed by atoms with Crippen molar-refractivity contribution in [1.82, 2.24) is 0 Å². The van der Waals surface area contributed by atoms with Crippen molar-refractivity contribution in [2.45, 2.75) is 19.0 Å². The lowest BCUT2D eigenvalue weighted by Crippen LogP contribution is -2.19. The Balaban J connectivity index is 2.03. The maximum absolute atomic E-state index is 14.2. The molecule has 1 unspecified atom stereocenters. The third-order valence-electron chi connectivity index (χ3n) is 4.71. The van der Waals surface area contributed by atoms with Crippen LogP contribution in [-0.4, -0.2) is 13.1 Å². The molecular formula is C23H18F4O3. The molecule has 0 fully saturated rings. The summed E-state index contributed by atoms with van der Waals surface area (Å²) in [6.45, 7) is 1.85. The largest absolute Gasteiger partial charge is 0.497 e. The minimum Gasteiger partial charge on any atom is -0.497 e. The fourth-order valence-corrected chi connectivity index (χ4v) is 3.12. The lowest BCUT2D eigenvalue weighted by Gasteiger charge is -2.19. The van der Waals surface area contributed by atoms with Crippen LogP contribution in [0, 0.1) is 5.82 Å². The van der Waals surface area contributed by atoms with E-state index < -0.39 is 29.1 Å². The standard InChI is InChI=1S/C23H18F4O3/c1-14(15-7-4-3-5-8-15)17-13-16(29-2)11-12-20(17)30-22(28)21-18(23(25,26)27)9-6-10-19(21)24/h3-14H,1-2H3. The van der Waals surface area contributed by atoms with Crippen LogP contribution in [0.5, 0.6) is 11.5 Å². The number of carbonyl (C=O) groups excluding carboxylic acids is 1. The maximum Gasteiger partial charge on any atom is 0.417 e. The Hall–Kier alpha value is -3.35. The molecule has 0 amide bonds. The fraction of sp³-hybridized carbons (Fsp3) is 0.174. The molecule has 0 aliphatic heterocycles. The van der Waals surface area contributed by atoms with Crippen molar-refractivity contribution < 1.29 is 31.8 Å². The summed E-state index contributed by atoms with van der Waals surface area (Å²) in [4.78, 5) is 12.6. The average Bonchev–Trinajstić information content (AvgIpc) is 2.73. The van der Waals surface area contributed by atoms with Crippen molar-refractivity contribution in [1.29, 1.82) is 0 Å². The van der Waals surface area contributed by atoms with E-state index in [1.165, 1.54) is 19.2 Å². The molecule has 3 rings (SSSR count). The molecule has 0 N–H and O–H groups in total. The number of halogens is 4. The van der Waals surface area contributed by atoms with Crippen LogP contribution >= 0.6 is 0 Å². The van der Waals surface area contributed by atoms with Crippen LogP contribution in [0.15, 0.2) is 66.7 Å². The van der Waals surface area contributed by atoms with Gasteiger partial charge in [-0.1, -0.05) is 43.3 Å². The van der Waals surface area contributed by atoms with Gasteiger partial charge in [-0.3, -0.25) is 0 Å². The second kappa shape index (κ2) is 8.57. The van der Waals surface area contributed by atoms with Crippen LogP contribution in [0.1, 0.15) is 39.9 Å². The molecule has 3 nitrogen and oxygen atoms in total. The molecule has 156 valence electrons. The van der Waals surface area contributed by atoms with Gasteiger partial charge in [-0.05, 0) is 35.9 Å². The Labute approximate surface area is 170 Å². The highest BCUT2D eigenvalue weighted by Crippen LogP contribution is 2.37. The van der Waals surface area contributed by atoms with Gasteiger partial charge in [-0.25, -0.2) is 9.18 Å². The van der Waals surface area contributed by atoms with E-state index in [1.54, 1.807) is 6.07 Å². The van der Waals surface area contributed by atoms with Gasteiger partial charge in [0.2, 0.25) is 0 Å². The Morgan fingerprint density at radius 2 is 1.67 bits per heavy atom. The van der Waals surface area contributed by atoms with E-state index in [2.05, 4.69) is 0 Å². The number of esters is 1. The number of benzene rings is 3. The fourth-order valence-electron chi connectivity index (χ4n) is 3.12. The SMILES string of the molecule is COc1ccc(OC(=O)c2c(F)cccc2C(F)(F)F)c(C(C)c2ccccc2)c1. The average molecular weight is 418 g/mol. The van der Waals surface area contributed by atoms with E-state index in [0.717, 1.165) is 17.7 Å². The van der Waals surface area contributed by atoms with Crippen LogP contribution < -0.4 is 9.47 Å². The minimum atomic E-state index is -4.91. The smallest absolute Gasteiger partial charge is 0.417 e. The number of alkyl halides is 3. The topological polar surface area (TPSA) is 35.5 Å². The number of ether oxygens (including phenoxy) is 2. The number of hydrogen-bond acceptors (Lipinski definition) is 3. The van der Waals surface area contributed by atoms with Gasteiger partial charge in [0, 0.05) is 11.5 Å². The van der Waals surface area contributed by atoms with E-state index >= 15 is 0 Å². The maximum atomic E-state index is 14.2. The van der Waals surface area contributed by atoms with Gasteiger partial charge >= 0.3 is 12.1 Å². The zero-order valence-electron chi connectivity index (χ0n) is 16.2. The number of carbonyl (C=O) groups is 1. The first-order valence-electron chi connectivity index (χ1n) is 9.03. The molecule has 0 aromatic heterocycles. The molecule has 3 aromatic rings. The summed E-state index contributed by atoms with van der Waals surface area (Å²) in [5.74, 6) is -2.50. The zero-order valence-corrected chi connectivity index (χ0v) is 16.2. The molecule has 0 aliphatic rings. The molecule has 7 heteroatoms. The van der Waals surface area contributed by atoms with Crippen molar-refractivity contribution in [3.63, 3.8) is 0 Å². The Bertz CT molecular complexity index is 1050. The van der Waals surface area contributed by atoms with Crippen molar-refractivity contribution in [3.05, 3.63) is 94.8 Å². The molecule has 3 aromatic carbocycles. The first-order valence-corrected chi connectivity index (χ1v) is 9.03. The van der Waals surface area contributed by atoms with Crippen molar-refractivity contribution in [2.75, 3.05) is 7.11 Å². The normalized spacial score (nSPS) is 12.3. The highest BCUT2D eigenvalue weighted by Gasteiger charge is 2.37. The molecule has 30 heavy (non-hydrogen) atoms. The summed E-state index contributed by atoms with van der Waals surface area (Å²) < 4.78 is 64.4. The predicted molar refractivity (Wildman–Crippen MR) is 103 cm³/mol. The van der Waals surface area contributed by atoms with Gasteiger partial charge in [0.15, 0.2) is 0 Å². The summed E-state index contributed by atoms with van der Waals surface area (Å²) >= 11 is 0. The molecule has 0 radical (unpaired) electrons. The first-order chi connectivity index (χ1) is 14.2. The minimum absolute atomic E-state index is 0.0218. The Kier molecular flexibility index (Phi) is 6.10. The highest BCUT2D eigenvalue weighted by atomic mass is 19.4. The van der Waals surface area contributed by atoms with Crippen LogP contribution in [0.3, 0.4) is 0 Å². The molecule has 0 saturated carbocycles. The van der Waals surface area contributed by atoms with Crippen LogP contribution in [0.25, 0.3) is 0 Å². The molecule has 0 spiro atoms. The predicted octanol–water partition coefficient (Wildman–Crippen LogP) is 6.22. The van der Waals surface area contributed by atoms with Gasteiger partial charge in [0.1, 0.15) is 22.9 Å². The molecule has 0 heterocycles. The van der Waals surface area contributed by atoms with Crippen molar-refractivity contribution in [3.8, 4) is 11.5 Å². The number of hydrogen-bond donors (Lipinski definition) is 0. The monoisotopic (exact) mass is 418 g/mol. The Morgan fingerprint density at radius 3 is 2.30 bits per heavy atom. The molecule has 1 atom stereocenters. The lowest BCUT2D eigenvalue weighted by atomic mass is 9.92. The van der Waals surface area contributed by atoms with E-state index in [0.29, 0.717) is 17.4 Å². The van der Waals surface area contributed by atoms with Gasteiger partial charge in [0.25, 0.3) is 0 Å². The van der Waals surface area contributed by atoms with Crippen LogP contribution in [0.4, 0.5) is 17.6 Å². The lowest BCUT2D eigenvalue weighted by molar-refractivity contribution is -0.138. The first kappa shape index (κ1) is 21.4. The summed E-state index contributed by atoms with van der Waals surface area (Å²) in [6, 6.07) is 16.1. The second-order valence-corrected chi connectivity index (χ2v) is 6.59. The summed E-state index contributed by atoms with van der Waals surface area (Å²) in [5, 5.41) is 0. The summed E-state index contributed by atoms with van der Waals surface area (Å²) in [7, 11) is 1.47. The summed E-state index contributed by atoms with van der Waals surface area (Å²) in [5.41, 5.74) is -1.14. The number of methoxy groups -OCH3 is 1. The zero-order chi connectivity index (χ0) is 21.9. The molecular weight excluding hydrogens is 400 g/mol. The molecule has 0 aliphatic carbocycles. The van der Waals surface area contributed by atoms with Gasteiger partial charge in [-0.15, -0.1) is 0 Å². The third-order valence-corrected chi connectivity index (χ3v) is 4.71. The van der Waals surface area contributed by atoms with Crippen molar-refractivity contribution >= 4 is 5.97 Å². The van der Waals surface area contributed by atoms with Crippen molar-refractivity contribution in [2.24, 2.45) is 0 Å². The molecule has 0 bridgehead atoms. The number of rotatable bonds is 5. The highest BCUT2D eigenvalue weighted by molar-refractivity contribution is 5.93. The van der Waals surface area contributed by atoms with E-state index in [9.17, 15) is 22.4 Å². The summed E-state index contributed by atoms with van der Waals surface area (Å²) in [6.07, 6.45) is -4.91. The van der Waals surface area contributed by atoms with Crippen LogP contribution in [-0.2, 0) is 6.18 Å². The van der Waals surface area contributed by atoms with Crippen LogP contribution in [0.2, 0.25) is 0 Å². The van der Waals surface area contributed by atoms with Gasteiger partial charge < -0.3 is 9.47 Å². The third kappa shape index (κ3) is 4.45. The van der Waals surface area contributed by atoms with E-state index in [4.69, 9.17) is 9.47 Å². The van der Waals surface area contributed by atoms with Gasteiger partial charge in [-0.2, -0.15) is 13.2 Å². The Morgan fingerprint density at radius 1 is 0.967 bits per heavy atom. The van der Waals surface area contributed by atoms with Gasteiger partial charge in [0.05, 0.1) is 12.7 Å².